The summed E-state index contributed by atoms with van der Waals surface area (Å²) in [6.07, 6.45) is -1.26. The number of likely N-dealkylation sites (tertiary alicyclic amines) is 1. The second kappa shape index (κ2) is 11.7. The maximum atomic E-state index is 14.0. The van der Waals surface area contributed by atoms with Gasteiger partial charge in [-0.3, -0.25) is 14.9 Å². The van der Waals surface area contributed by atoms with E-state index in [1.165, 1.54) is 4.90 Å². The number of primary amides is 1. The molecule has 11 nitrogen and oxygen atoms in total. The van der Waals surface area contributed by atoms with Gasteiger partial charge in [-0.1, -0.05) is 15.9 Å². The Kier molecular flexibility index (Phi) is 8.93. The number of ether oxygens (including phenoxy) is 1. The number of aliphatic hydroxyl groups excluding tert-OH is 2. The number of benzene rings is 1. The highest BCUT2D eigenvalue weighted by Gasteiger charge is 2.28. The average Bonchev–Trinajstić information content (AvgIpc) is 3.37. The summed E-state index contributed by atoms with van der Waals surface area (Å²) in [6.45, 7) is -0.488. The molecule has 2 aromatic rings. The Bertz CT molecular complexity index is 1100. The SMILES string of the molecule is NC(=O)c1c(OCc2c(F)cc(Br)cc2F)nsc1NC(=O)NCC(O)CC(=O)N1CCCC1O. The van der Waals surface area contributed by atoms with Gasteiger partial charge in [0.1, 0.15) is 35.0 Å². The molecule has 2 unspecified atom stereocenters. The number of urea groups is 1. The average molecular weight is 578 g/mol. The molecule has 1 fully saturated rings. The third kappa shape index (κ3) is 6.84. The number of nitrogens with one attached hydrogen (secondary N) is 2. The first-order valence-corrected chi connectivity index (χ1v) is 11.9. The van der Waals surface area contributed by atoms with Crippen LogP contribution in [0.25, 0.3) is 0 Å². The maximum Gasteiger partial charge on any atom is 0.320 e. The van der Waals surface area contributed by atoms with Crippen molar-refractivity contribution in [1.82, 2.24) is 14.6 Å². The van der Waals surface area contributed by atoms with E-state index in [9.17, 15) is 33.4 Å². The van der Waals surface area contributed by atoms with Gasteiger partial charge in [0.05, 0.1) is 18.1 Å². The van der Waals surface area contributed by atoms with Gasteiger partial charge >= 0.3 is 6.03 Å². The Morgan fingerprint density at radius 1 is 1.34 bits per heavy atom. The molecule has 0 spiro atoms. The molecule has 1 aliphatic rings. The summed E-state index contributed by atoms with van der Waals surface area (Å²) in [6, 6.07) is 1.26. The summed E-state index contributed by atoms with van der Waals surface area (Å²) in [4.78, 5) is 37.5. The van der Waals surface area contributed by atoms with E-state index < -0.39 is 54.0 Å². The standard InChI is InChI=1S/C20H22BrF2N5O6S/c21-9-4-12(22)11(13(23)5-9)8-34-18-16(17(24)32)19(35-27-18)26-20(33)25-7-10(29)6-15(31)28-3-1-2-14(28)30/h4-5,10,14,29-30H,1-3,6-8H2,(H2,24,32)(H2,25,26,33). The van der Waals surface area contributed by atoms with Crippen LogP contribution in [-0.2, 0) is 11.4 Å². The van der Waals surface area contributed by atoms with Crippen LogP contribution in [0.4, 0.5) is 18.6 Å². The predicted octanol–water partition coefficient (Wildman–Crippen LogP) is 1.67. The summed E-state index contributed by atoms with van der Waals surface area (Å²) in [7, 11) is 0. The molecule has 2 heterocycles. The minimum Gasteiger partial charge on any atom is -0.471 e. The molecular weight excluding hydrogens is 556 g/mol. The lowest BCUT2D eigenvalue weighted by atomic mass is 10.2. The number of carbonyl (C=O) groups excluding carboxylic acids is 3. The van der Waals surface area contributed by atoms with Crippen molar-refractivity contribution < 1.29 is 38.1 Å². The van der Waals surface area contributed by atoms with Gasteiger partial charge in [0, 0.05) is 17.6 Å². The van der Waals surface area contributed by atoms with Crippen LogP contribution in [0.1, 0.15) is 35.2 Å². The smallest absolute Gasteiger partial charge is 0.320 e. The summed E-state index contributed by atoms with van der Waals surface area (Å²) in [5, 5.41) is 24.3. The van der Waals surface area contributed by atoms with Gasteiger partial charge in [0.15, 0.2) is 0 Å². The number of hydrogen-bond donors (Lipinski definition) is 5. The number of amides is 4. The molecular formula is C20H22BrF2N5O6S. The largest absolute Gasteiger partial charge is 0.471 e. The topological polar surface area (TPSA) is 167 Å². The number of anilines is 1. The molecule has 1 saturated heterocycles. The first-order valence-electron chi connectivity index (χ1n) is 10.3. The van der Waals surface area contributed by atoms with Crippen molar-refractivity contribution in [1.29, 1.82) is 0 Å². The Labute approximate surface area is 210 Å². The van der Waals surface area contributed by atoms with Gasteiger partial charge in [0.2, 0.25) is 11.8 Å². The van der Waals surface area contributed by atoms with Gasteiger partial charge in [-0.05, 0) is 36.5 Å². The number of hydrogen-bond acceptors (Lipinski definition) is 8. The third-order valence-corrected chi connectivity index (χ3v) is 6.25. The van der Waals surface area contributed by atoms with E-state index in [0.717, 1.165) is 12.1 Å². The van der Waals surface area contributed by atoms with Crippen molar-refractivity contribution >= 4 is 50.3 Å². The molecule has 190 valence electrons. The molecule has 3 rings (SSSR count). The second-order valence-corrected chi connectivity index (χ2v) is 9.28. The van der Waals surface area contributed by atoms with E-state index in [1.807, 2.05) is 0 Å². The lowest BCUT2D eigenvalue weighted by Gasteiger charge is -2.21. The number of aromatic nitrogens is 1. The molecule has 2 atom stereocenters. The monoisotopic (exact) mass is 577 g/mol. The molecule has 1 aliphatic heterocycles. The molecule has 35 heavy (non-hydrogen) atoms. The Morgan fingerprint density at radius 2 is 2.03 bits per heavy atom. The molecule has 0 radical (unpaired) electrons. The van der Waals surface area contributed by atoms with Crippen LogP contribution in [0.3, 0.4) is 0 Å². The summed E-state index contributed by atoms with van der Waals surface area (Å²) >= 11 is 3.61. The molecule has 1 aromatic heterocycles. The van der Waals surface area contributed by atoms with Crippen LogP contribution in [0.2, 0.25) is 0 Å². The number of halogens is 3. The fourth-order valence-corrected chi connectivity index (χ4v) is 4.45. The Hall–Kier alpha value is -2.88. The molecule has 6 N–H and O–H groups in total. The normalized spacial score (nSPS) is 16.1. The van der Waals surface area contributed by atoms with E-state index in [2.05, 4.69) is 30.9 Å². The fraction of sp³-hybridized carbons (Fsp3) is 0.400. The van der Waals surface area contributed by atoms with Gasteiger partial charge < -0.3 is 30.9 Å². The molecule has 4 amide bonds. The number of nitrogens with zero attached hydrogens (tertiary/aromatic N) is 2. The number of aliphatic hydroxyl groups is 2. The van der Waals surface area contributed by atoms with E-state index >= 15 is 0 Å². The van der Waals surface area contributed by atoms with Crippen LogP contribution in [-0.4, -0.2) is 62.8 Å². The Balaban J connectivity index is 1.56. The highest BCUT2D eigenvalue weighted by atomic mass is 79.9. The van der Waals surface area contributed by atoms with Crippen LogP contribution in [0.15, 0.2) is 16.6 Å². The quantitative estimate of drug-likeness (QED) is 0.302. The molecule has 0 bridgehead atoms. The number of carbonyl (C=O) groups is 3. The maximum absolute atomic E-state index is 14.0. The van der Waals surface area contributed by atoms with E-state index in [0.29, 0.717) is 30.9 Å². The molecule has 15 heteroatoms. The van der Waals surface area contributed by atoms with Crippen LogP contribution >= 0.6 is 27.5 Å². The third-order valence-electron chi connectivity index (χ3n) is 5.04. The Morgan fingerprint density at radius 3 is 2.63 bits per heavy atom. The van der Waals surface area contributed by atoms with Gasteiger partial charge in [-0.15, -0.1) is 0 Å². The fourth-order valence-electron chi connectivity index (χ4n) is 3.32. The second-order valence-electron chi connectivity index (χ2n) is 7.60. The summed E-state index contributed by atoms with van der Waals surface area (Å²) in [5.74, 6) is -3.52. The lowest BCUT2D eigenvalue weighted by Crippen LogP contribution is -2.41. The van der Waals surface area contributed by atoms with Crippen molar-refractivity contribution in [3.63, 3.8) is 0 Å². The highest BCUT2D eigenvalue weighted by molar-refractivity contribution is 9.10. The lowest BCUT2D eigenvalue weighted by molar-refractivity contribution is -0.139. The van der Waals surface area contributed by atoms with Crippen molar-refractivity contribution in [2.24, 2.45) is 5.73 Å². The molecule has 0 aliphatic carbocycles. The van der Waals surface area contributed by atoms with E-state index in [4.69, 9.17) is 10.5 Å². The van der Waals surface area contributed by atoms with Crippen molar-refractivity contribution in [3.05, 3.63) is 39.4 Å². The van der Waals surface area contributed by atoms with Crippen LogP contribution < -0.4 is 21.1 Å². The number of nitrogens with two attached hydrogens (primary N) is 1. The van der Waals surface area contributed by atoms with Crippen molar-refractivity contribution in [2.75, 3.05) is 18.4 Å². The van der Waals surface area contributed by atoms with E-state index in [1.54, 1.807) is 0 Å². The minimum absolute atomic E-state index is 0.0903. The van der Waals surface area contributed by atoms with E-state index in [-0.39, 0.29) is 33.9 Å². The van der Waals surface area contributed by atoms with Gasteiger partial charge in [-0.25, -0.2) is 13.6 Å². The zero-order valence-corrected chi connectivity index (χ0v) is 20.5. The minimum atomic E-state index is -1.22. The molecule has 1 aromatic carbocycles. The van der Waals surface area contributed by atoms with Crippen molar-refractivity contribution in [2.45, 2.75) is 38.2 Å². The van der Waals surface area contributed by atoms with Crippen LogP contribution in [0, 0.1) is 11.6 Å². The summed E-state index contributed by atoms with van der Waals surface area (Å²) in [5.41, 5.74) is 4.65. The zero-order valence-electron chi connectivity index (χ0n) is 18.1. The van der Waals surface area contributed by atoms with Crippen molar-refractivity contribution in [3.8, 4) is 5.88 Å². The first-order chi connectivity index (χ1) is 16.6. The number of rotatable bonds is 9. The zero-order chi connectivity index (χ0) is 25.7. The predicted molar refractivity (Wildman–Crippen MR) is 124 cm³/mol. The highest BCUT2D eigenvalue weighted by Crippen LogP contribution is 2.31. The summed E-state index contributed by atoms with van der Waals surface area (Å²) < 4.78 is 37.4. The molecule has 0 saturated carbocycles. The first kappa shape index (κ1) is 26.7. The van der Waals surface area contributed by atoms with Crippen LogP contribution in [0.5, 0.6) is 5.88 Å². The van der Waals surface area contributed by atoms with Gasteiger partial charge in [-0.2, -0.15) is 4.37 Å². The van der Waals surface area contributed by atoms with Gasteiger partial charge in [0.25, 0.3) is 5.91 Å².